The second-order valence-corrected chi connectivity index (χ2v) is 7.90. The van der Waals surface area contributed by atoms with Gasteiger partial charge in [-0.3, -0.25) is 4.79 Å². The molecular weight excluding hydrogens is 374 g/mol. The maximum absolute atomic E-state index is 13.0. The summed E-state index contributed by atoms with van der Waals surface area (Å²) in [7, 11) is 0. The molecular formula is C22H19NO4S. The Kier molecular flexibility index (Phi) is 4.20. The highest BCUT2D eigenvalue weighted by Gasteiger charge is 2.50. The van der Waals surface area contributed by atoms with E-state index in [1.165, 1.54) is 0 Å². The molecule has 0 spiro atoms. The van der Waals surface area contributed by atoms with Crippen LogP contribution in [0.4, 0.5) is 0 Å². The molecule has 0 saturated carbocycles. The van der Waals surface area contributed by atoms with Crippen LogP contribution in [0.3, 0.4) is 0 Å². The second-order valence-electron chi connectivity index (χ2n) is 6.92. The van der Waals surface area contributed by atoms with Crippen LogP contribution in [0, 0.1) is 6.92 Å². The summed E-state index contributed by atoms with van der Waals surface area (Å²) in [5.74, 6) is 2.23. The zero-order chi connectivity index (χ0) is 19.1. The molecule has 1 amide bonds. The summed E-state index contributed by atoms with van der Waals surface area (Å²) in [5.41, 5.74) is 2.03. The minimum absolute atomic E-state index is 0.000630. The lowest BCUT2D eigenvalue weighted by Crippen LogP contribution is -2.60. The number of carbonyl (C=O) groups is 1. The largest absolute Gasteiger partial charge is 0.478 e. The summed E-state index contributed by atoms with van der Waals surface area (Å²) in [4.78, 5) is 16.0. The van der Waals surface area contributed by atoms with Crippen LogP contribution in [0.1, 0.15) is 22.0 Å². The Bertz CT molecular complexity index is 1020. The van der Waals surface area contributed by atoms with E-state index in [4.69, 9.17) is 14.2 Å². The molecule has 3 aromatic rings. The quantitative estimate of drug-likeness (QED) is 0.606. The van der Waals surface area contributed by atoms with Crippen molar-refractivity contribution in [3.63, 3.8) is 0 Å². The number of nitrogens with zero attached hydrogens (tertiary/aromatic N) is 1. The first-order chi connectivity index (χ1) is 13.7. The summed E-state index contributed by atoms with van der Waals surface area (Å²) in [6.07, 6.45) is -0.506. The van der Waals surface area contributed by atoms with E-state index < -0.39 is 6.10 Å². The minimum Gasteiger partial charge on any atom is -0.478 e. The molecule has 2 aromatic carbocycles. The van der Waals surface area contributed by atoms with Crippen LogP contribution in [0.25, 0.3) is 0 Å². The van der Waals surface area contributed by atoms with E-state index in [9.17, 15) is 4.79 Å². The minimum atomic E-state index is -0.506. The molecule has 142 valence electrons. The van der Waals surface area contributed by atoms with Crippen LogP contribution in [0.5, 0.6) is 17.2 Å². The lowest BCUT2D eigenvalue weighted by atomic mass is 9.94. The van der Waals surface area contributed by atoms with Crippen molar-refractivity contribution in [2.24, 2.45) is 0 Å². The van der Waals surface area contributed by atoms with Crippen molar-refractivity contribution in [3.05, 3.63) is 76.0 Å². The van der Waals surface area contributed by atoms with Crippen LogP contribution in [0.15, 0.2) is 60.0 Å². The normalized spacial score (nSPS) is 20.2. The molecule has 1 saturated heterocycles. The van der Waals surface area contributed by atoms with Gasteiger partial charge in [-0.1, -0.05) is 30.3 Å². The van der Waals surface area contributed by atoms with Crippen molar-refractivity contribution in [2.45, 2.75) is 25.6 Å². The van der Waals surface area contributed by atoms with Gasteiger partial charge in [-0.15, -0.1) is 11.3 Å². The van der Waals surface area contributed by atoms with Crippen molar-refractivity contribution < 1.29 is 19.0 Å². The van der Waals surface area contributed by atoms with Crippen molar-refractivity contribution in [1.29, 1.82) is 0 Å². The molecule has 5 rings (SSSR count). The number of thiophene rings is 1. The maximum atomic E-state index is 13.0. The highest BCUT2D eigenvalue weighted by atomic mass is 32.1. The average molecular weight is 393 g/mol. The fraction of sp³-hybridized carbons (Fsp3) is 0.227. The number of carbonyl (C=O) groups excluding carboxylic acids is 1. The molecule has 1 aromatic heterocycles. The Morgan fingerprint density at radius 2 is 1.96 bits per heavy atom. The standard InChI is InChI=1S/C22H19NO4S/c1-14-5-2-3-6-16(14)27-21-20(19-7-4-10-28-19)23(22(21)24)12-15-8-9-17-18(11-15)26-13-25-17/h2-11,20-21H,12-13H2,1H3/t20-,21+/m0/s1. The SMILES string of the molecule is Cc1ccccc1O[C@H]1C(=O)N(Cc2ccc3c(c2)OCO3)[C@H]1c1cccs1. The Balaban J connectivity index is 1.40. The molecule has 2 atom stereocenters. The molecule has 6 heteroatoms. The number of ether oxygens (including phenoxy) is 3. The van der Waals surface area contributed by atoms with Gasteiger partial charge in [0.2, 0.25) is 12.9 Å². The Morgan fingerprint density at radius 3 is 2.79 bits per heavy atom. The first kappa shape index (κ1) is 17.1. The number of amides is 1. The van der Waals surface area contributed by atoms with Gasteiger partial charge >= 0.3 is 0 Å². The molecule has 3 heterocycles. The number of rotatable bonds is 5. The Hall–Kier alpha value is -2.99. The van der Waals surface area contributed by atoms with E-state index in [1.54, 1.807) is 11.3 Å². The van der Waals surface area contributed by atoms with Crippen LogP contribution in [-0.2, 0) is 11.3 Å². The summed E-state index contributed by atoms with van der Waals surface area (Å²) in [6, 6.07) is 17.6. The van der Waals surface area contributed by atoms with Gasteiger partial charge in [0.1, 0.15) is 11.8 Å². The van der Waals surface area contributed by atoms with Crippen molar-refractivity contribution in [3.8, 4) is 17.2 Å². The Labute approximate surface area is 167 Å². The number of para-hydroxylation sites is 1. The number of β-lactam (4-membered cyclic amide) rings is 1. The summed E-state index contributed by atoms with van der Waals surface area (Å²) < 4.78 is 17.0. The summed E-state index contributed by atoms with van der Waals surface area (Å²) in [5, 5.41) is 2.03. The molecule has 0 bridgehead atoms. The van der Waals surface area contributed by atoms with E-state index in [2.05, 4.69) is 6.07 Å². The first-order valence-electron chi connectivity index (χ1n) is 9.15. The number of likely N-dealkylation sites (tertiary alicyclic amines) is 1. The summed E-state index contributed by atoms with van der Waals surface area (Å²) in [6.45, 7) is 2.74. The molecule has 5 nitrogen and oxygen atoms in total. The van der Waals surface area contributed by atoms with Crippen molar-refractivity contribution >= 4 is 17.2 Å². The third-order valence-corrected chi connectivity index (χ3v) is 6.06. The molecule has 0 N–H and O–H groups in total. The zero-order valence-corrected chi connectivity index (χ0v) is 16.1. The van der Waals surface area contributed by atoms with Gasteiger partial charge < -0.3 is 19.1 Å². The maximum Gasteiger partial charge on any atom is 0.267 e. The predicted molar refractivity (Wildman–Crippen MR) is 106 cm³/mol. The van der Waals surface area contributed by atoms with E-state index in [1.807, 2.05) is 65.7 Å². The van der Waals surface area contributed by atoms with E-state index in [0.717, 1.165) is 33.3 Å². The topological polar surface area (TPSA) is 48.0 Å². The lowest BCUT2D eigenvalue weighted by Gasteiger charge is -2.46. The fourth-order valence-corrected chi connectivity index (χ4v) is 4.49. The highest BCUT2D eigenvalue weighted by Crippen LogP contribution is 2.42. The third kappa shape index (κ3) is 2.90. The third-order valence-electron chi connectivity index (χ3n) is 5.12. The summed E-state index contributed by atoms with van der Waals surface area (Å²) >= 11 is 1.64. The van der Waals surface area contributed by atoms with Crippen molar-refractivity contribution in [2.75, 3.05) is 6.79 Å². The molecule has 0 aliphatic carbocycles. The van der Waals surface area contributed by atoms with Gasteiger partial charge in [0, 0.05) is 11.4 Å². The van der Waals surface area contributed by atoms with Crippen LogP contribution in [-0.4, -0.2) is 23.7 Å². The molecule has 28 heavy (non-hydrogen) atoms. The van der Waals surface area contributed by atoms with Gasteiger partial charge in [-0.2, -0.15) is 0 Å². The Morgan fingerprint density at radius 1 is 1.11 bits per heavy atom. The van der Waals surface area contributed by atoms with E-state index in [0.29, 0.717) is 6.54 Å². The van der Waals surface area contributed by atoms with Gasteiger partial charge in [-0.25, -0.2) is 0 Å². The van der Waals surface area contributed by atoms with Crippen LogP contribution < -0.4 is 14.2 Å². The molecule has 0 radical (unpaired) electrons. The second kappa shape index (κ2) is 6.87. The van der Waals surface area contributed by atoms with Gasteiger partial charge in [0.25, 0.3) is 5.91 Å². The number of aryl methyl sites for hydroxylation is 1. The average Bonchev–Trinajstić information content (AvgIpc) is 3.39. The number of fused-ring (bicyclic) bond motifs is 1. The number of hydrogen-bond acceptors (Lipinski definition) is 5. The fourth-order valence-electron chi connectivity index (χ4n) is 3.63. The van der Waals surface area contributed by atoms with E-state index >= 15 is 0 Å². The monoisotopic (exact) mass is 393 g/mol. The first-order valence-corrected chi connectivity index (χ1v) is 10.0. The smallest absolute Gasteiger partial charge is 0.267 e. The van der Waals surface area contributed by atoms with Gasteiger partial charge in [0.15, 0.2) is 11.5 Å². The van der Waals surface area contributed by atoms with E-state index in [-0.39, 0.29) is 18.7 Å². The zero-order valence-electron chi connectivity index (χ0n) is 15.3. The molecule has 0 unspecified atom stereocenters. The van der Waals surface area contributed by atoms with Gasteiger partial charge in [0.05, 0.1) is 0 Å². The molecule has 1 fully saturated rings. The number of hydrogen-bond donors (Lipinski definition) is 0. The molecule has 2 aliphatic heterocycles. The number of benzene rings is 2. The van der Waals surface area contributed by atoms with Gasteiger partial charge in [-0.05, 0) is 47.7 Å². The highest BCUT2D eigenvalue weighted by molar-refractivity contribution is 7.10. The molecule has 2 aliphatic rings. The van der Waals surface area contributed by atoms with Crippen LogP contribution in [0.2, 0.25) is 0 Å². The van der Waals surface area contributed by atoms with Crippen LogP contribution >= 0.6 is 11.3 Å². The van der Waals surface area contributed by atoms with Crippen molar-refractivity contribution in [1.82, 2.24) is 4.90 Å². The lowest BCUT2D eigenvalue weighted by molar-refractivity contribution is -0.165. The predicted octanol–water partition coefficient (Wildman–Crippen LogP) is 4.32.